The van der Waals surface area contributed by atoms with Crippen molar-refractivity contribution in [1.29, 1.82) is 0 Å². The molecule has 0 amide bonds. The topological polar surface area (TPSA) is 104 Å². The zero-order valence-electron chi connectivity index (χ0n) is 9.42. The number of nitrogens with zero attached hydrogens (tertiary/aromatic N) is 1. The fourth-order valence-corrected chi connectivity index (χ4v) is 2.15. The van der Waals surface area contributed by atoms with Gasteiger partial charge in [0.25, 0.3) is 14.7 Å². The van der Waals surface area contributed by atoms with Gasteiger partial charge in [0.05, 0.1) is 11.5 Å². The minimum atomic E-state index is -4.58. The van der Waals surface area contributed by atoms with E-state index in [2.05, 4.69) is 4.74 Å². The summed E-state index contributed by atoms with van der Waals surface area (Å²) in [5.41, 5.74) is -1.65. The molecular weight excluding hydrogens is 305 g/mol. The van der Waals surface area contributed by atoms with E-state index in [-0.39, 0.29) is 6.61 Å². The van der Waals surface area contributed by atoms with Crippen LogP contribution in [0.2, 0.25) is 0 Å². The van der Waals surface area contributed by atoms with E-state index in [1.54, 1.807) is 0 Å². The van der Waals surface area contributed by atoms with Crippen molar-refractivity contribution < 1.29 is 27.3 Å². The smallest absolute Gasteiger partial charge is 0.341 e. The third-order valence-corrected chi connectivity index (χ3v) is 3.31. The Bertz CT molecular complexity index is 644. The quantitative estimate of drug-likeness (QED) is 0.364. The number of nitro groups is 1. The van der Waals surface area contributed by atoms with E-state index in [1.165, 1.54) is 6.92 Å². The van der Waals surface area contributed by atoms with Gasteiger partial charge in [-0.3, -0.25) is 10.1 Å². The molecule has 0 N–H and O–H groups in total. The van der Waals surface area contributed by atoms with Crippen LogP contribution >= 0.6 is 10.7 Å². The van der Waals surface area contributed by atoms with Gasteiger partial charge in [0, 0.05) is 22.8 Å². The summed E-state index contributed by atoms with van der Waals surface area (Å²) in [6.07, 6.45) is 0. The predicted molar refractivity (Wildman–Crippen MR) is 62.0 cm³/mol. The minimum absolute atomic E-state index is 0.107. The lowest BCUT2D eigenvalue weighted by atomic mass is 10.2. The van der Waals surface area contributed by atoms with E-state index in [0.29, 0.717) is 12.1 Å². The number of halogens is 2. The maximum atomic E-state index is 13.8. The summed E-state index contributed by atoms with van der Waals surface area (Å²) in [4.78, 5) is 19.9. The zero-order valence-corrected chi connectivity index (χ0v) is 11.0. The van der Waals surface area contributed by atoms with Gasteiger partial charge in [0.15, 0.2) is 5.82 Å². The molecule has 1 aromatic carbocycles. The molecule has 7 nitrogen and oxygen atoms in total. The van der Waals surface area contributed by atoms with Crippen molar-refractivity contribution in [2.75, 3.05) is 6.61 Å². The maximum absolute atomic E-state index is 13.8. The highest BCUT2D eigenvalue weighted by Gasteiger charge is 2.27. The Hall–Kier alpha value is -1.74. The molecule has 0 aliphatic rings. The van der Waals surface area contributed by atoms with E-state index in [4.69, 9.17) is 10.7 Å². The van der Waals surface area contributed by atoms with Crippen molar-refractivity contribution in [3.8, 4) is 0 Å². The molecule has 0 aromatic heterocycles. The van der Waals surface area contributed by atoms with Gasteiger partial charge in [-0.05, 0) is 6.92 Å². The Morgan fingerprint density at radius 1 is 1.53 bits per heavy atom. The summed E-state index contributed by atoms with van der Waals surface area (Å²) >= 11 is 0. The molecule has 1 aromatic rings. The third kappa shape index (κ3) is 3.38. The Labute approximate surface area is 111 Å². The second-order valence-electron chi connectivity index (χ2n) is 3.22. The molecule has 0 bridgehead atoms. The predicted octanol–water partition coefficient (Wildman–Crippen LogP) is 1.84. The van der Waals surface area contributed by atoms with E-state index < -0.39 is 41.9 Å². The molecule has 19 heavy (non-hydrogen) atoms. The molecule has 0 atom stereocenters. The van der Waals surface area contributed by atoms with Crippen molar-refractivity contribution >= 4 is 31.4 Å². The lowest BCUT2D eigenvalue weighted by Crippen LogP contribution is -2.11. The van der Waals surface area contributed by atoms with E-state index >= 15 is 0 Å². The van der Waals surface area contributed by atoms with Gasteiger partial charge in [0.1, 0.15) is 10.5 Å². The van der Waals surface area contributed by atoms with E-state index in [9.17, 15) is 27.7 Å². The van der Waals surface area contributed by atoms with Crippen LogP contribution in [0.25, 0.3) is 0 Å². The van der Waals surface area contributed by atoms with Crippen LogP contribution in [0.1, 0.15) is 17.3 Å². The molecule has 0 heterocycles. The second-order valence-corrected chi connectivity index (χ2v) is 5.76. The molecule has 0 unspecified atom stereocenters. The Morgan fingerprint density at radius 3 is 2.53 bits per heavy atom. The average Bonchev–Trinajstić information content (AvgIpc) is 2.27. The molecule has 1 rings (SSSR count). The fourth-order valence-electron chi connectivity index (χ4n) is 1.22. The summed E-state index contributed by atoms with van der Waals surface area (Å²) in [6, 6.07) is 1.01. The minimum Gasteiger partial charge on any atom is -0.462 e. The summed E-state index contributed by atoms with van der Waals surface area (Å²) < 4.78 is 40.5. The standard InChI is InChI=1S/C9H7ClFNO6S/c1-2-18-9(13)6-3-5(12(14)15)4-7(8(6)11)19(10,16)17/h3-4H,2H2,1H3. The third-order valence-electron chi connectivity index (χ3n) is 1.99. The molecule has 0 aliphatic heterocycles. The van der Waals surface area contributed by atoms with Gasteiger partial charge < -0.3 is 4.74 Å². The van der Waals surface area contributed by atoms with Gasteiger partial charge >= 0.3 is 5.97 Å². The summed E-state index contributed by atoms with van der Waals surface area (Å²) in [5, 5.41) is 10.6. The Morgan fingerprint density at radius 2 is 2.11 bits per heavy atom. The highest BCUT2D eigenvalue weighted by atomic mass is 35.7. The number of carbonyl (C=O) groups excluding carboxylic acids is 1. The molecule has 0 saturated heterocycles. The first-order valence-electron chi connectivity index (χ1n) is 4.78. The first kappa shape index (κ1) is 15.3. The SMILES string of the molecule is CCOC(=O)c1cc([N+](=O)[O-])cc(S(=O)(=O)Cl)c1F. The van der Waals surface area contributed by atoms with Crippen LogP contribution in [0.3, 0.4) is 0 Å². The number of esters is 1. The number of benzene rings is 1. The number of carbonyl (C=O) groups is 1. The summed E-state index contributed by atoms with van der Waals surface area (Å²) in [5.74, 6) is -2.70. The Balaban J connectivity index is 3.60. The van der Waals surface area contributed by atoms with Crippen molar-refractivity contribution in [3.63, 3.8) is 0 Å². The molecule has 0 saturated carbocycles. The normalized spacial score (nSPS) is 11.1. The van der Waals surface area contributed by atoms with E-state index in [1.807, 2.05) is 0 Å². The maximum Gasteiger partial charge on any atom is 0.341 e. The van der Waals surface area contributed by atoms with Crippen LogP contribution in [-0.4, -0.2) is 25.9 Å². The van der Waals surface area contributed by atoms with Crippen LogP contribution in [0.15, 0.2) is 17.0 Å². The number of non-ortho nitro benzene ring substituents is 1. The number of hydrogen-bond acceptors (Lipinski definition) is 6. The molecule has 0 spiro atoms. The molecular formula is C9H7ClFNO6S. The molecule has 104 valence electrons. The molecule has 10 heteroatoms. The van der Waals surface area contributed by atoms with Crippen molar-refractivity contribution in [2.45, 2.75) is 11.8 Å². The van der Waals surface area contributed by atoms with Crippen LogP contribution in [0.4, 0.5) is 10.1 Å². The monoisotopic (exact) mass is 311 g/mol. The van der Waals surface area contributed by atoms with Gasteiger partial charge in [-0.25, -0.2) is 17.6 Å². The lowest BCUT2D eigenvalue weighted by molar-refractivity contribution is -0.385. The number of rotatable bonds is 4. The summed E-state index contributed by atoms with van der Waals surface area (Å²) in [6.45, 7) is 1.33. The van der Waals surface area contributed by atoms with Gasteiger partial charge in [-0.15, -0.1) is 0 Å². The number of hydrogen-bond donors (Lipinski definition) is 0. The van der Waals surface area contributed by atoms with Crippen LogP contribution in [-0.2, 0) is 13.8 Å². The first-order valence-corrected chi connectivity index (χ1v) is 7.09. The van der Waals surface area contributed by atoms with Gasteiger partial charge in [-0.1, -0.05) is 0 Å². The van der Waals surface area contributed by atoms with Crippen molar-refractivity contribution in [3.05, 3.63) is 33.6 Å². The molecule has 0 fully saturated rings. The van der Waals surface area contributed by atoms with Crippen LogP contribution in [0, 0.1) is 15.9 Å². The zero-order chi connectivity index (χ0) is 14.8. The van der Waals surface area contributed by atoms with Crippen LogP contribution < -0.4 is 0 Å². The highest BCUT2D eigenvalue weighted by Crippen LogP contribution is 2.27. The largest absolute Gasteiger partial charge is 0.462 e. The first-order chi connectivity index (χ1) is 8.68. The average molecular weight is 312 g/mol. The molecule has 0 radical (unpaired) electrons. The highest BCUT2D eigenvalue weighted by molar-refractivity contribution is 8.13. The van der Waals surface area contributed by atoms with Gasteiger partial charge in [0.2, 0.25) is 0 Å². The number of nitro benzene ring substituents is 1. The lowest BCUT2D eigenvalue weighted by Gasteiger charge is -2.06. The number of ether oxygens (including phenoxy) is 1. The van der Waals surface area contributed by atoms with Gasteiger partial charge in [-0.2, -0.15) is 0 Å². The summed E-state index contributed by atoms with van der Waals surface area (Å²) in [7, 11) is 0.376. The van der Waals surface area contributed by atoms with Crippen molar-refractivity contribution in [2.24, 2.45) is 0 Å². The molecule has 0 aliphatic carbocycles. The van der Waals surface area contributed by atoms with E-state index in [0.717, 1.165) is 0 Å². The Kier molecular flexibility index (Phi) is 4.43. The fraction of sp³-hybridized carbons (Fsp3) is 0.222. The second kappa shape index (κ2) is 5.49. The van der Waals surface area contributed by atoms with Crippen LogP contribution in [0.5, 0.6) is 0 Å². The van der Waals surface area contributed by atoms with Crippen molar-refractivity contribution in [1.82, 2.24) is 0 Å².